The van der Waals surface area contributed by atoms with E-state index < -0.39 is 5.54 Å². The third-order valence-corrected chi connectivity index (χ3v) is 3.92. The maximum Gasteiger partial charge on any atom is 0.284 e. The second-order valence-electron chi connectivity index (χ2n) is 4.89. The lowest BCUT2D eigenvalue weighted by atomic mass is 9.76. The number of nitrogens with one attached hydrogen (secondary N) is 1. The normalized spacial score (nSPS) is 26.5. The zero-order valence-electron chi connectivity index (χ0n) is 10.5. The molecule has 1 aliphatic carbocycles. The summed E-state index contributed by atoms with van der Waals surface area (Å²) in [6.07, 6.45) is 2.40. The second-order valence-corrected chi connectivity index (χ2v) is 4.89. The smallest absolute Gasteiger partial charge is 0.284 e. The molecule has 1 unspecified atom stereocenters. The number of hydroxylamine groups is 1. The predicted molar refractivity (Wildman–Crippen MR) is 69.2 cm³/mol. The van der Waals surface area contributed by atoms with E-state index in [0.29, 0.717) is 23.7 Å². The van der Waals surface area contributed by atoms with Crippen molar-refractivity contribution < 1.29 is 10.1 Å². The van der Waals surface area contributed by atoms with Crippen molar-refractivity contribution in [3.05, 3.63) is 40.6 Å². The van der Waals surface area contributed by atoms with Crippen LogP contribution in [0.3, 0.4) is 0 Å². The van der Waals surface area contributed by atoms with Crippen molar-refractivity contribution in [3.8, 4) is 0 Å². The van der Waals surface area contributed by atoms with E-state index >= 15 is 0 Å². The van der Waals surface area contributed by atoms with Crippen LogP contribution in [0.4, 0.5) is 0 Å². The molecule has 0 amide bonds. The average molecular weight is 260 g/mol. The minimum Gasteiger partial charge on any atom is -0.596 e. The molecule has 0 bridgehead atoms. The molecule has 1 aromatic carbocycles. The minimum absolute atomic E-state index is 0.391. The lowest BCUT2D eigenvalue weighted by molar-refractivity contribution is -0.623. The number of fused-ring (bicyclic) bond motifs is 1. The number of hydrogen-bond acceptors (Lipinski definition) is 4. The van der Waals surface area contributed by atoms with Crippen molar-refractivity contribution in [2.24, 2.45) is 10.3 Å². The highest BCUT2D eigenvalue weighted by Crippen LogP contribution is 2.39. The molecule has 2 aliphatic rings. The molecule has 1 aromatic rings. The number of aryl methyl sites for hydroxylation is 1. The highest BCUT2D eigenvalue weighted by Gasteiger charge is 2.52. The molecule has 6 nitrogen and oxygen atoms in total. The first-order valence-electron chi connectivity index (χ1n) is 6.48. The van der Waals surface area contributed by atoms with Gasteiger partial charge in [-0.25, -0.2) is 0 Å². The Hall–Kier alpha value is -2.11. The van der Waals surface area contributed by atoms with E-state index in [1.165, 1.54) is 0 Å². The molecule has 0 aromatic heterocycles. The molecule has 0 saturated heterocycles. The van der Waals surface area contributed by atoms with E-state index in [1.54, 1.807) is 0 Å². The standard InChI is InChI=1S/C13H16N4O2/c18-16-17(19)13(12-14-8-9-15-12)7-3-5-10-4-1-2-6-11(10)13/h1-2,4,6,18H,3,5,7-9H2,(H,14,15)/b17-16+. The number of nitrogens with zero attached hydrogens (tertiary/aromatic N) is 3. The highest BCUT2D eigenvalue weighted by atomic mass is 16.6. The Labute approximate surface area is 111 Å². The van der Waals surface area contributed by atoms with Crippen molar-refractivity contribution in [2.45, 2.75) is 24.8 Å². The SMILES string of the molecule is [O-]/[N+](=N/O)C1(C2=NCCN2)CCCc2ccccc21. The molecule has 100 valence electrons. The average Bonchev–Trinajstić information content (AvgIpc) is 3.00. The van der Waals surface area contributed by atoms with Gasteiger partial charge in [0, 0.05) is 18.5 Å². The zero-order chi connectivity index (χ0) is 13.3. The van der Waals surface area contributed by atoms with Crippen LogP contribution in [0.2, 0.25) is 0 Å². The molecule has 0 spiro atoms. The van der Waals surface area contributed by atoms with Crippen molar-refractivity contribution in [3.63, 3.8) is 0 Å². The maximum atomic E-state index is 12.2. The molecule has 6 heteroatoms. The molecule has 19 heavy (non-hydrogen) atoms. The summed E-state index contributed by atoms with van der Waals surface area (Å²) in [5.74, 6) is 0.618. The Morgan fingerprint density at radius 3 is 3.00 bits per heavy atom. The molecule has 3 rings (SSSR count). The summed E-state index contributed by atoms with van der Waals surface area (Å²) in [5.41, 5.74) is 1.01. The molecule has 0 saturated carbocycles. The van der Waals surface area contributed by atoms with Crippen molar-refractivity contribution in [2.75, 3.05) is 13.1 Å². The fourth-order valence-electron chi connectivity index (χ4n) is 3.10. The largest absolute Gasteiger partial charge is 0.596 e. The second kappa shape index (κ2) is 4.53. The molecular formula is C13H16N4O2. The molecular weight excluding hydrogens is 244 g/mol. The van der Waals surface area contributed by atoms with Gasteiger partial charge in [-0.05, 0) is 23.3 Å². The first-order valence-corrected chi connectivity index (χ1v) is 6.48. The lowest BCUT2D eigenvalue weighted by Gasteiger charge is -2.33. The van der Waals surface area contributed by atoms with Gasteiger partial charge >= 0.3 is 0 Å². The molecule has 0 radical (unpaired) electrons. The number of benzene rings is 1. The van der Waals surface area contributed by atoms with Gasteiger partial charge in [0.15, 0.2) is 11.1 Å². The van der Waals surface area contributed by atoms with Crippen LogP contribution in [0.15, 0.2) is 34.5 Å². The van der Waals surface area contributed by atoms with Crippen molar-refractivity contribution in [1.29, 1.82) is 0 Å². The van der Waals surface area contributed by atoms with Crippen molar-refractivity contribution >= 4 is 5.84 Å². The van der Waals surface area contributed by atoms with Gasteiger partial charge in [0.2, 0.25) is 0 Å². The van der Waals surface area contributed by atoms with E-state index in [4.69, 9.17) is 5.21 Å². The number of rotatable bonds is 2. The van der Waals surface area contributed by atoms with Crippen LogP contribution in [0.25, 0.3) is 0 Å². The lowest BCUT2D eigenvalue weighted by Crippen LogP contribution is -2.50. The summed E-state index contributed by atoms with van der Waals surface area (Å²) in [5, 5.41) is 27.3. The summed E-state index contributed by atoms with van der Waals surface area (Å²) in [7, 11) is 0. The van der Waals surface area contributed by atoms with Gasteiger partial charge in [0.1, 0.15) is 0 Å². The van der Waals surface area contributed by atoms with Crippen LogP contribution < -0.4 is 5.32 Å². The third-order valence-electron chi connectivity index (χ3n) is 3.92. The number of amidine groups is 1. The van der Waals surface area contributed by atoms with Gasteiger partial charge < -0.3 is 15.7 Å². The van der Waals surface area contributed by atoms with Gasteiger partial charge in [-0.15, -0.1) is 0 Å². The number of hydrogen-bond donors (Lipinski definition) is 2. The van der Waals surface area contributed by atoms with Crippen LogP contribution in [0, 0.1) is 5.21 Å². The van der Waals surface area contributed by atoms with Gasteiger partial charge in [0.25, 0.3) is 5.54 Å². The Morgan fingerprint density at radius 1 is 1.42 bits per heavy atom. The Bertz CT molecular complexity index is 555. The number of aliphatic imine (C=N–C) groups is 1. The molecule has 0 fully saturated rings. The molecule has 1 heterocycles. The molecule has 2 N–H and O–H groups in total. The van der Waals surface area contributed by atoms with Crippen LogP contribution in [0.1, 0.15) is 24.0 Å². The highest BCUT2D eigenvalue weighted by molar-refractivity contribution is 5.93. The van der Waals surface area contributed by atoms with Gasteiger partial charge in [0.05, 0.1) is 6.54 Å². The van der Waals surface area contributed by atoms with Crippen LogP contribution >= 0.6 is 0 Å². The Kier molecular flexibility index (Phi) is 2.85. The van der Waals surface area contributed by atoms with E-state index in [9.17, 15) is 5.21 Å². The van der Waals surface area contributed by atoms with Gasteiger partial charge in [-0.2, -0.15) is 0 Å². The van der Waals surface area contributed by atoms with Crippen LogP contribution in [0.5, 0.6) is 0 Å². The summed E-state index contributed by atoms with van der Waals surface area (Å²) in [4.78, 5) is 4.78. The van der Waals surface area contributed by atoms with Crippen LogP contribution in [-0.2, 0) is 12.0 Å². The maximum absolute atomic E-state index is 12.2. The Balaban J connectivity index is 2.22. The van der Waals surface area contributed by atoms with E-state index in [0.717, 1.165) is 30.5 Å². The Morgan fingerprint density at radius 2 is 2.26 bits per heavy atom. The summed E-state index contributed by atoms with van der Waals surface area (Å²) in [6.45, 7) is 1.37. The summed E-state index contributed by atoms with van der Waals surface area (Å²) < 4.78 is 0. The van der Waals surface area contributed by atoms with Gasteiger partial charge in [-0.1, -0.05) is 24.3 Å². The summed E-state index contributed by atoms with van der Waals surface area (Å²) >= 11 is 0. The fourth-order valence-corrected chi connectivity index (χ4v) is 3.10. The van der Waals surface area contributed by atoms with Gasteiger partial charge in [-0.3, -0.25) is 4.99 Å². The first-order chi connectivity index (χ1) is 9.29. The van der Waals surface area contributed by atoms with E-state index in [2.05, 4.69) is 15.6 Å². The van der Waals surface area contributed by atoms with E-state index in [1.807, 2.05) is 24.3 Å². The first kappa shape index (κ1) is 12.0. The van der Waals surface area contributed by atoms with Crippen molar-refractivity contribution in [1.82, 2.24) is 5.32 Å². The van der Waals surface area contributed by atoms with E-state index in [-0.39, 0.29) is 0 Å². The topological polar surface area (TPSA) is 83.0 Å². The zero-order valence-corrected chi connectivity index (χ0v) is 10.5. The third kappa shape index (κ3) is 1.67. The predicted octanol–water partition coefficient (Wildman–Crippen LogP) is 1.57. The minimum atomic E-state index is -1.000. The molecule has 1 aliphatic heterocycles. The van der Waals surface area contributed by atoms with Crippen LogP contribution in [-0.4, -0.2) is 29.0 Å². The monoisotopic (exact) mass is 260 g/mol. The molecule has 1 atom stereocenters. The fraction of sp³-hybridized carbons (Fsp3) is 0.462. The summed E-state index contributed by atoms with van der Waals surface area (Å²) in [6, 6.07) is 7.81. The quantitative estimate of drug-likeness (QED) is 0.481.